The zero-order chi connectivity index (χ0) is 21.6. The largest absolute Gasteiger partial charge is 0.416 e. The van der Waals surface area contributed by atoms with Crippen LogP contribution in [0, 0.1) is 6.92 Å². The molecule has 0 radical (unpaired) electrons. The molecule has 0 saturated carbocycles. The molecule has 3 aromatic carbocycles. The number of benzene rings is 3. The molecule has 29 heavy (non-hydrogen) atoms. The summed E-state index contributed by atoms with van der Waals surface area (Å²) in [5.74, 6) is 0.714. The summed E-state index contributed by atoms with van der Waals surface area (Å²) in [5.41, 5.74) is 5.55. The van der Waals surface area contributed by atoms with Crippen molar-refractivity contribution in [1.29, 1.82) is 0 Å². The second-order valence-electron chi connectivity index (χ2n) is 7.87. The van der Waals surface area contributed by atoms with E-state index in [1.54, 1.807) is 6.07 Å². The summed E-state index contributed by atoms with van der Waals surface area (Å²) in [6.07, 6.45) is -4.23. The van der Waals surface area contributed by atoms with Crippen LogP contribution >= 0.6 is 0 Å². The number of halogens is 3. The molecule has 3 rings (SSSR count). The maximum atomic E-state index is 12.2. The Morgan fingerprint density at radius 2 is 1.21 bits per heavy atom. The first-order valence-corrected chi connectivity index (χ1v) is 9.92. The Labute approximate surface area is 172 Å². The molecule has 0 aliphatic carbocycles. The van der Waals surface area contributed by atoms with Gasteiger partial charge >= 0.3 is 6.18 Å². The normalized spacial score (nSPS) is 11.4. The lowest BCUT2D eigenvalue weighted by Gasteiger charge is -2.10. The summed E-state index contributed by atoms with van der Waals surface area (Å²) in [4.78, 5) is 0. The van der Waals surface area contributed by atoms with Crippen LogP contribution in [0.1, 0.15) is 61.8 Å². The van der Waals surface area contributed by atoms with Crippen LogP contribution in [-0.4, -0.2) is 0 Å². The van der Waals surface area contributed by atoms with Gasteiger partial charge in [0.05, 0.1) is 5.56 Å². The predicted octanol–water partition coefficient (Wildman–Crippen LogP) is 8.61. The van der Waals surface area contributed by atoms with E-state index in [4.69, 9.17) is 0 Å². The van der Waals surface area contributed by atoms with Crippen molar-refractivity contribution in [2.24, 2.45) is 0 Å². The highest BCUT2D eigenvalue weighted by molar-refractivity contribution is 5.67. The number of aryl methyl sites for hydroxylation is 1. The van der Waals surface area contributed by atoms with Gasteiger partial charge in [0.15, 0.2) is 0 Å². The van der Waals surface area contributed by atoms with Gasteiger partial charge in [0.2, 0.25) is 0 Å². The van der Waals surface area contributed by atoms with Crippen molar-refractivity contribution in [1.82, 2.24) is 0 Å². The minimum atomic E-state index is -4.23. The monoisotopic (exact) mass is 398 g/mol. The molecule has 0 amide bonds. The quantitative estimate of drug-likeness (QED) is 0.414. The second kappa shape index (κ2) is 9.78. The second-order valence-corrected chi connectivity index (χ2v) is 7.87. The van der Waals surface area contributed by atoms with E-state index >= 15 is 0 Å². The van der Waals surface area contributed by atoms with Crippen LogP contribution in [0.25, 0.3) is 11.1 Å². The lowest BCUT2D eigenvalue weighted by atomic mass is 9.95. The predicted molar refractivity (Wildman–Crippen MR) is 116 cm³/mol. The molecule has 0 saturated heterocycles. The Morgan fingerprint density at radius 1 is 0.655 bits per heavy atom. The van der Waals surface area contributed by atoms with Gasteiger partial charge in [0.25, 0.3) is 0 Å². The molecule has 0 aliphatic heterocycles. The van der Waals surface area contributed by atoms with Crippen molar-refractivity contribution in [2.75, 3.05) is 0 Å². The topological polar surface area (TPSA) is 0 Å². The SMILES string of the molecule is CC(C)c1cccc(C(F)(F)F)c1.Cc1ccccc1-c1cccc(C(C)C)c1. The van der Waals surface area contributed by atoms with Crippen molar-refractivity contribution in [3.63, 3.8) is 0 Å². The van der Waals surface area contributed by atoms with Gasteiger partial charge < -0.3 is 0 Å². The number of alkyl halides is 3. The van der Waals surface area contributed by atoms with Crippen molar-refractivity contribution in [3.05, 3.63) is 95.1 Å². The first-order chi connectivity index (χ1) is 13.6. The van der Waals surface area contributed by atoms with Gasteiger partial charge in [-0.05, 0) is 52.6 Å². The standard InChI is InChI=1S/C16H18.C10H11F3/c1-12(2)14-8-6-9-15(11-14)16-10-5-4-7-13(16)3;1-7(2)8-4-3-5-9(6-8)10(11,12)13/h4-12H,1-3H3;3-7H,1-2H3. The first kappa shape index (κ1) is 22.7. The van der Waals surface area contributed by atoms with Gasteiger partial charge in [-0.25, -0.2) is 0 Å². The number of rotatable bonds is 3. The molecular weight excluding hydrogens is 369 g/mol. The molecule has 3 aromatic rings. The first-order valence-electron chi connectivity index (χ1n) is 9.92. The zero-order valence-corrected chi connectivity index (χ0v) is 17.7. The highest BCUT2D eigenvalue weighted by Gasteiger charge is 2.30. The highest BCUT2D eigenvalue weighted by atomic mass is 19.4. The van der Waals surface area contributed by atoms with Crippen LogP contribution in [0.4, 0.5) is 13.2 Å². The summed E-state index contributed by atoms with van der Waals surface area (Å²) in [6.45, 7) is 10.4. The average Bonchev–Trinajstić information content (AvgIpc) is 2.68. The summed E-state index contributed by atoms with van der Waals surface area (Å²) in [7, 11) is 0. The number of hydrogen-bond donors (Lipinski definition) is 0. The minimum absolute atomic E-state index is 0.127. The van der Waals surface area contributed by atoms with E-state index in [1.165, 1.54) is 34.4 Å². The molecule has 0 N–H and O–H groups in total. The van der Waals surface area contributed by atoms with E-state index in [0.717, 1.165) is 11.6 Å². The molecule has 0 fully saturated rings. The van der Waals surface area contributed by atoms with E-state index in [1.807, 2.05) is 13.8 Å². The van der Waals surface area contributed by atoms with Crippen molar-refractivity contribution in [2.45, 2.75) is 52.6 Å². The fourth-order valence-corrected chi connectivity index (χ4v) is 3.04. The van der Waals surface area contributed by atoms with Crippen molar-refractivity contribution in [3.8, 4) is 11.1 Å². The average molecular weight is 399 g/mol. The van der Waals surface area contributed by atoms with Gasteiger partial charge in [0, 0.05) is 0 Å². The van der Waals surface area contributed by atoms with Crippen LogP contribution in [-0.2, 0) is 6.18 Å². The van der Waals surface area contributed by atoms with Gasteiger partial charge in [-0.1, -0.05) is 94.4 Å². The van der Waals surface area contributed by atoms with Gasteiger partial charge in [-0.15, -0.1) is 0 Å². The molecular formula is C26H29F3. The van der Waals surface area contributed by atoms with E-state index in [9.17, 15) is 13.2 Å². The fourth-order valence-electron chi connectivity index (χ4n) is 3.04. The summed E-state index contributed by atoms with van der Waals surface area (Å²) >= 11 is 0. The molecule has 0 heterocycles. The van der Waals surface area contributed by atoms with E-state index < -0.39 is 11.7 Å². The van der Waals surface area contributed by atoms with Gasteiger partial charge in [0.1, 0.15) is 0 Å². The molecule has 154 valence electrons. The summed E-state index contributed by atoms with van der Waals surface area (Å²) < 4.78 is 36.7. The Kier molecular flexibility index (Phi) is 7.66. The smallest absolute Gasteiger partial charge is 0.166 e. The lowest BCUT2D eigenvalue weighted by molar-refractivity contribution is -0.137. The third kappa shape index (κ3) is 6.49. The molecule has 0 bridgehead atoms. The molecule has 0 unspecified atom stereocenters. The number of hydrogen-bond acceptors (Lipinski definition) is 0. The van der Waals surface area contributed by atoms with Crippen molar-refractivity contribution >= 4 is 0 Å². The van der Waals surface area contributed by atoms with Crippen LogP contribution < -0.4 is 0 Å². The maximum absolute atomic E-state index is 12.2. The fraction of sp³-hybridized carbons (Fsp3) is 0.308. The Morgan fingerprint density at radius 3 is 1.76 bits per heavy atom. The van der Waals surface area contributed by atoms with Crippen LogP contribution in [0.15, 0.2) is 72.8 Å². The molecule has 0 aromatic heterocycles. The van der Waals surface area contributed by atoms with Crippen LogP contribution in [0.3, 0.4) is 0 Å². The Bertz CT molecular complexity index is 921. The lowest BCUT2D eigenvalue weighted by Crippen LogP contribution is -2.05. The zero-order valence-electron chi connectivity index (χ0n) is 17.7. The Hall–Kier alpha value is -2.55. The van der Waals surface area contributed by atoms with E-state index in [2.05, 4.69) is 69.3 Å². The molecule has 0 atom stereocenters. The molecule has 0 nitrogen and oxygen atoms in total. The van der Waals surface area contributed by atoms with Crippen LogP contribution in [0.2, 0.25) is 0 Å². The van der Waals surface area contributed by atoms with Gasteiger partial charge in [-0.2, -0.15) is 13.2 Å². The third-order valence-electron chi connectivity index (χ3n) is 4.89. The third-order valence-corrected chi connectivity index (χ3v) is 4.89. The molecule has 3 heteroatoms. The van der Waals surface area contributed by atoms with Crippen LogP contribution in [0.5, 0.6) is 0 Å². The summed E-state index contributed by atoms with van der Waals surface area (Å²) in [6, 6.07) is 22.8. The maximum Gasteiger partial charge on any atom is 0.416 e. The van der Waals surface area contributed by atoms with E-state index in [0.29, 0.717) is 5.92 Å². The summed E-state index contributed by atoms with van der Waals surface area (Å²) in [5, 5.41) is 0. The molecule has 0 spiro atoms. The van der Waals surface area contributed by atoms with E-state index in [-0.39, 0.29) is 5.92 Å². The van der Waals surface area contributed by atoms with Gasteiger partial charge in [-0.3, -0.25) is 0 Å². The highest BCUT2D eigenvalue weighted by Crippen LogP contribution is 2.31. The minimum Gasteiger partial charge on any atom is -0.166 e. The molecule has 0 aliphatic rings. The Balaban J connectivity index is 0.000000212. The van der Waals surface area contributed by atoms with Crippen molar-refractivity contribution < 1.29 is 13.2 Å².